The van der Waals surface area contributed by atoms with Crippen molar-refractivity contribution >= 4 is 10.8 Å². The van der Waals surface area contributed by atoms with Gasteiger partial charge in [-0.25, -0.2) is 0 Å². The van der Waals surface area contributed by atoms with Crippen LogP contribution in [0.3, 0.4) is 0 Å². The smallest absolute Gasteiger partial charge is 0.204 e. The van der Waals surface area contributed by atoms with Crippen molar-refractivity contribution in [3.05, 3.63) is 24.3 Å². The Morgan fingerprint density at radius 3 is 1.42 bits per heavy atom. The largest absolute Gasteiger partial charge is 0.504 e. The van der Waals surface area contributed by atoms with Crippen molar-refractivity contribution in [3.63, 3.8) is 0 Å². The van der Waals surface area contributed by atoms with Gasteiger partial charge in [0.15, 0.2) is 11.5 Å². The predicted molar refractivity (Wildman–Crippen MR) is 70.7 cm³/mol. The fourth-order valence-corrected chi connectivity index (χ4v) is 1.89. The molecule has 0 bridgehead atoms. The molecule has 1 aliphatic heterocycles. The fourth-order valence-electron chi connectivity index (χ4n) is 1.89. The minimum atomic E-state index is -0.707. The molecule has 19 heavy (non-hydrogen) atoms. The van der Waals surface area contributed by atoms with Crippen LogP contribution >= 0.6 is 0 Å². The minimum absolute atomic E-state index is 0.292. The number of aromatic hydroxyl groups is 4. The summed E-state index contributed by atoms with van der Waals surface area (Å²) >= 11 is 0. The third kappa shape index (κ3) is 2.66. The van der Waals surface area contributed by atoms with E-state index in [2.05, 4.69) is 0 Å². The first kappa shape index (κ1) is 13.3. The average molecular weight is 264 g/mol. The highest BCUT2D eigenvalue weighted by Crippen LogP contribution is 2.48. The molecule has 1 saturated heterocycles. The molecule has 4 N–H and O–H groups in total. The lowest BCUT2D eigenvalue weighted by Gasteiger charge is -2.07. The second-order valence-corrected chi connectivity index (χ2v) is 4.26. The van der Waals surface area contributed by atoms with Crippen LogP contribution in [0.5, 0.6) is 23.0 Å². The van der Waals surface area contributed by atoms with E-state index in [9.17, 15) is 20.4 Å². The van der Waals surface area contributed by atoms with Gasteiger partial charge in [0.05, 0.1) is 0 Å². The Bertz CT molecular complexity index is 521. The quantitative estimate of drug-likeness (QED) is 0.433. The molecule has 0 radical (unpaired) electrons. The Morgan fingerprint density at radius 1 is 0.684 bits per heavy atom. The van der Waals surface area contributed by atoms with E-state index in [0.29, 0.717) is 10.8 Å². The predicted octanol–water partition coefficient (Wildman–Crippen LogP) is 2.46. The molecule has 0 amide bonds. The van der Waals surface area contributed by atoms with Crippen molar-refractivity contribution in [2.24, 2.45) is 0 Å². The number of phenolic OH excluding ortho intramolecular Hbond substituents is 4. The summed E-state index contributed by atoms with van der Waals surface area (Å²) in [6.45, 7) is 2.00. The second-order valence-electron chi connectivity index (χ2n) is 4.26. The molecule has 102 valence electrons. The zero-order chi connectivity index (χ0) is 13.8. The lowest BCUT2D eigenvalue weighted by molar-refractivity contribution is 0.198. The molecule has 2 aromatic carbocycles. The van der Waals surface area contributed by atoms with Gasteiger partial charge in [0.1, 0.15) is 0 Å². The monoisotopic (exact) mass is 264 g/mol. The molecule has 0 aliphatic carbocycles. The van der Waals surface area contributed by atoms with Gasteiger partial charge < -0.3 is 25.2 Å². The Morgan fingerprint density at radius 2 is 1.11 bits per heavy atom. The van der Waals surface area contributed by atoms with E-state index in [-0.39, 0.29) is 0 Å². The Balaban J connectivity index is 0.000000224. The highest BCUT2D eigenvalue weighted by atomic mass is 16.5. The standard InChI is InChI=1S/C10H8O4.C4H8O/c11-7-5-3-1-2-4-6(5)8(12)10(14)9(7)13;1-2-4-5-3-1/h1-4,11-14H;1-4H2. The zero-order valence-electron chi connectivity index (χ0n) is 10.3. The zero-order valence-corrected chi connectivity index (χ0v) is 10.3. The van der Waals surface area contributed by atoms with Gasteiger partial charge in [-0.2, -0.15) is 0 Å². The summed E-state index contributed by atoms with van der Waals surface area (Å²) in [6, 6.07) is 6.36. The van der Waals surface area contributed by atoms with Crippen LogP contribution in [0.25, 0.3) is 10.8 Å². The molecule has 1 aliphatic rings. The molecular weight excluding hydrogens is 248 g/mol. The lowest BCUT2D eigenvalue weighted by atomic mass is 10.1. The number of phenols is 4. The minimum Gasteiger partial charge on any atom is -0.504 e. The van der Waals surface area contributed by atoms with E-state index in [1.165, 1.54) is 25.0 Å². The first-order chi connectivity index (χ1) is 9.13. The van der Waals surface area contributed by atoms with Crippen LogP contribution in [0.15, 0.2) is 24.3 Å². The van der Waals surface area contributed by atoms with Crippen LogP contribution in [0, 0.1) is 0 Å². The maximum Gasteiger partial charge on any atom is 0.204 e. The van der Waals surface area contributed by atoms with Gasteiger partial charge >= 0.3 is 0 Å². The van der Waals surface area contributed by atoms with Crippen molar-refractivity contribution in [1.82, 2.24) is 0 Å². The normalized spacial score (nSPS) is 14.1. The molecule has 1 heterocycles. The van der Waals surface area contributed by atoms with Crippen molar-refractivity contribution in [3.8, 4) is 23.0 Å². The van der Waals surface area contributed by atoms with Gasteiger partial charge in [-0.05, 0) is 12.8 Å². The molecule has 0 saturated carbocycles. The maximum absolute atomic E-state index is 9.44. The molecule has 5 heteroatoms. The third-order valence-electron chi connectivity index (χ3n) is 2.94. The molecule has 1 fully saturated rings. The van der Waals surface area contributed by atoms with Crippen LogP contribution in [0.4, 0.5) is 0 Å². The molecule has 2 aromatic rings. The summed E-state index contributed by atoms with van der Waals surface area (Å²) < 4.78 is 4.94. The van der Waals surface area contributed by atoms with Gasteiger partial charge in [-0.1, -0.05) is 24.3 Å². The lowest BCUT2D eigenvalue weighted by Crippen LogP contribution is -1.78. The summed E-state index contributed by atoms with van der Waals surface area (Å²) in [5.41, 5.74) is 0. The third-order valence-corrected chi connectivity index (χ3v) is 2.94. The highest BCUT2D eigenvalue weighted by molar-refractivity contribution is 5.97. The first-order valence-electron chi connectivity index (χ1n) is 6.05. The number of hydrogen-bond donors (Lipinski definition) is 4. The number of rotatable bonds is 0. The van der Waals surface area contributed by atoms with Gasteiger partial charge in [0, 0.05) is 24.0 Å². The average Bonchev–Trinajstić information content (AvgIpc) is 3.02. The fraction of sp³-hybridized carbons (Fsp3) is 0.286. The van der Waals surface area contributed by atoms with E-state index in [1.54, 1.807) is 12.1 Å². The molecule has 3 rings (SSSR count). The first-order valence-corrected chi connectivity index (χ1v) is 6.05. The maximum atomic E-state index is 9.44. The number of benzene rings is 2. The van der Waals surface area contributed by atoms with Gasteiger partial charge in [-0.15, -0.1) is 0 Å². The van der Waals surface area contributed by atoms with E-state index in [1.807, 2.05) is 0 Å². The molecular formula is C14H16O5. The van der Waals surface area contributed by atoms with Crippen molar-refractivity contribution in [2.45, 2.75) is 12.8 Å². The van der Waals surface area contributed by atoms with Crippen LogP contribution in [-0.4, -0.2) is 33.6 Å². The van der Waals surface area contributed by atoms with Crippen LogP contribution in [-0.2, 0) is 4.74 Å². The van der Waals surface area contributed by atoms with Crippen molar-refractivity contribution < 1.29 is 25.2 Å². The number of hydrogen-bond acceptors (Lipinski definition) is 5. The number of ether oxygens (including phenoxy) is 1. The van der Waals surface area contributed by atoms with Gasteiger partial charge in [0.2, 0.25) is 11.5 Å². The summed E-state index contributed by atoms with van der Waals surface area (Å²) in [4.78, 5) is 0. The SMILES string of the molecule is C1CCOC1.Oc1c(O)c(O)c2ccccc2c1O. The van der Waals surface area contributed by atoms with E-state index < -0.39 is 23.0 Å². The summed E-state index contributed by atoms with van der Waals surface area (Å²) in [7, 11) is 0. The van der Waals surface area contributed by atoms with E-state index in [4.69, 9.17) is 4.74 Å². The molecule has 0 spiro atoms. The van der Waals surface area contributed by atoms with E-state index >= 15 is 0 Å². The molecule has 0 unspecified atom stereocenters. The number of fused-ring (bicyclic) bond motifs is 1. The van der Waals surface area contributed by atoms with Gasteiger partial charge in [0.25, 0.3) is 0 Å². The van der Waals surface area contributed by atoms with Gasteiger partial charge in [-0.3, -0.25) is 0 Å². The van der Waals surface area contributed by atoms with E-state index in [0.717, 1.165) is 13.2 Å². The Kier molecular flexibility index (Phi) is 3.97. The molecule has 0 aromatic heterocycles. The second kappa shape index (κ2) is 5.67. The molecule has 0 atom stereocenters. The Hall–Kier alpha value is -2.14. The summed E-state index contributed by atoms with van der Waals surface area (Å²) in [5.74, 6) is -2.28. The topological polar surface area (TPSA) is 90.2 Å². The summed E-state index contributed by atoms with van der Waals surface area (Å²) in [6.07, 6.45) is 2.56. The molecule has 5 nitrogen and oxygen atoms in total. The van der Waals surface area contributed by atoms with Crippen LogP contribution in [0.1, 0.15) is 12.8 Å². The van der Waals surface area contributed by atoms with Crippen LogP contribution < -0.4 is 0 Å². The van der Waals surface area contributed by atoms with Crippen LogP contribution in [0.2, 0.25) is 0 Å². The Labute approximate surface area is 110 Å². The summed E-state index contributed by atoms with van der Waals surface area (Å²) in [5, 5.41) is 37.9. The highest BCUT2D eigenvalue weighted by Gasteiger charge is 2.16. The van der Waals surface area contributed by atoms with Crippen molar-refractivity contribution in [2.75, 3.05) is 13.2 Å². The van der Waals surface area contributed by atoms with Crippen molar-refractivity contribution in [1.29, 1.82) is 0 Å².